The molecule has 0 unspecified atom stereocenters. The van der Waals surface area contributed by atoms with Crippen molar-refractivity contribution in [2.24, 2.45) is 5.41 Å². The van der Waals surface area contributed by atoms with Crippen LogP contribution in [-0.4, -0.2) is 24.5 Å². The van der Waals surface area contributed by atoms with Gasteiger partial charge in [-0.15, -0.1) is 0 Å². The Morgan fingerprint density at radius 3 is 2.73 bits per heavy atom. The highest BCUT2D eigenvalue weighted by molar-refractivity contribution is 5.74. The third-order valence-electron chi connectivity index (χ3n) is 2.44. The predicted octanol–water partition coefficient (Wildman–Crippen LogP) is 1.90. The molecule has 0 spiro atoms. The van der Waals surface area contributed by atoms with Crippen molar-refractivity contribution in [2.45, 2.75) is 20.1 Å². The van der Waals surface area contributed by atoms with Crippen molar-refractivity contribution >= 4 is 6.29 Å². The zero-order valence-electron chi connectivity index (χ0n) is 8.95. The second kappa shape index (κ2) is 3.79. The molecule has 82 valence electrons. The lowest BCUT2D eigenvalue weighted by Crippen LogP contribution is -2.33. The predicted molar refractivity (Wildman–Crippen MR) is 54.6 cm³/mol. The van der Waals surface area contributed by atoms with E-state index in [9.17, 15) is 4.79 Å². The van der Waals surface area contributed by atoms with Gasteiger partial charge in [0.2, 0.25) is 0 Å². The van der Waals surface area contributed by atoms with Gasteiger partial charge in [-0.2, -0.15) is 0 Å². The first-order chi connectivity index (χ1) is 7.12. The Morgan fingerprint density at radius 2 is 2.13 bits per heavy atom. The van der Waals surface area contributed by atoms with E-state index in [4.69, 9.17) is 9.47 Å². The first kappa shape index (κ1) is 10.4. The normalized spacial score (nSPS) is 21.5. The summed E-state index contributed by atoms with van der Waals surface area (Å²) in [6, 6.07) is 1.81. The highest BCUT2D eigenvalue weighted by Crippen LogP contribution is 2.31. The van der Waals surface area contributed by atoms with E-state index < -0.39 is 6.29 Å². The number of nitrogens with one attached hydrogen (secondary N) is 1. The van der Waals surface area contributed by atoms with Crippen molar-refractivity contribution in [1.82, 2.24) is 4.98 Å². The molecule has 0 aliphatic carbocycles. The van der Waals surface area contributed by atoms with Crippen LogP contribution in [-0.2, 0) is 9.47 Å². The molecule has 15 heavy (non-hydrogen) atoms. The van der Waals surface area contributed by atoms with Crippen LogP contribution in [0, 0.1) is 5.41 Å². The third kappa shape index (κ3) is 2.11. The average molecular weight is 209 g/mol. The molecule has 2 rings (SSSR count). The minimum absolute atomic E-state index is 0.0498. The number of H-pyrrole nitrogens is 1. The van der Waals surface area contributed by atoms with Crippen molar-refractivity contribution in [2.75, 3.05) is 13.2 Å². The van der Waals surface area contributed by atoms with Gasteiger partial charge in [0.05, 0.1) is 18.9 Å². The van der Waals surface area contributed by atoms with Crippen molar-refractivity contribution < 1.29 is 14.3 Å². The molecule has 1 aromatic rings. The summed E-state index contributed by atoms with van der Waals surface area (Å²) >= 11 is 0. The number of aldehydes is 1. The Labute approximate surface area is 88.6 Å². The molecule has 4 heteroatoms. The van der Waals surface area contributed by atoms with Crippen molar-refractivity contribution in [3.63, 3.8) is 0 Å². The number of hydrogen-bond donors (Lipinski definition) is 1. The molecule has 1 aliphatic rings. The van der Waals surface area contributed by atoms with Crippen molar-refractivity contribution in [3.05, 3.63) is 23.5 Å². The molecule has 0 amide bonds. The van der Waals surface area contributed by atoms with Crippen LogP contribution >= 0.6 is 0 Å². The summed E-state index contributed by atoms with van der Waals surface area (Å²) < 4.78 is 11.2. The van der Waals surface area contributed by atoms with E-state index in [0.29, 0.717) is 18.9 Å². The fourth-order valence-electron chi connectivity index (χ4n) is 1.57. The van der Waals surface area contributed by atoms with Crippen LogP contribution < -0.4 is 0 Å². The lowest BCUT2D eigenvalue weighted by atomic mass is 9.95. The topological polar surface area (TPSA) is 51.3 Å². The third-order valence-corrected chi connectivity index (χ3v) is 2.44. The molecule has 0 saturated carbocycles. The Morgan fingerprint density at radius 1 is 1.47 bits per heavy atom. The number of aromatic nitrogens is 1. The van der Waals surface area contributed by atoms with Crippen LogP contribution in [0.1, 0.15) is 36.2 Å². The molecule has 1 aliphatic heterocycles. The molecular weight excluding hydrogens is 194 g/mol. The summed E-state index contributed by atoms with van der Waals surface area (Å²) in [5.41, 5.74) is 1.36. The van der Waals surface area contributed by atoms with Gasteiger partial charge in [0.15, 0.2) is 12.6 Å². The highest BCUT2D eigenvalue weighted by Gasteiger charge is 2.30. The standard InChI is InChI=1S/C11H15NO3/c1-11(2)6-14-10(15-7-11)8-3-4-12-9(8)5-13/h3-5,10,12H,6-7H2,1-2H3. The van der Waals surface area contributed by atoms with Crippen LogP contribution in [0.25, 0.3) is 0 Å². The fraction of sp³-hybridized carbons (Fsp3) is 0.545. The Kier molecular flexibility index (Phi) is 2.63. The summed E-state index contributed by atoms with van der Waals surface area (Å²) in [7, 11) is 0. The molecule has 1 fully saturated rings. The number of hydrogen-bond acceptors (Lipinski definition) is 3. The molecule has 0 aromatic carbocycles. The maximum absolute atomic E-state index is 10.7. The maximum atomic E-state index is 10.7. The highest BCUT2D eigenvalue weighted by atomic mass is 16.7. The molecule has 1 aromatic heterocycles. The lowest BCUT2D eigenvalue weighted by molar-refractivity contribution is -0.226. The maximum Gasteiger partial charge on any atom is 0.186 e. The minimum atomic E-state index is -0.413. The smallest absolute Gasteiger partial charge is 0.186 e. The van der Waals surface area contributed by atoms with Crippen LogP contribution in [0.3, 0.4) is 0 Å². The summed E-state index contributed by atoms with van der Waals surface area (Å²) in [4.78, 5) is 13.6. The molecular formula is C11H15NO3. The van der Waals surface area contributed by atoms with E-state index in [0.717, 1.165) is 11.8 Å². The van der Waals surface area contributed by atoms with Gasteiger partial charge < -0.3 is 14.5 Å². The molecule has 2 heterocycles. The van der Waals surface area contributed by atoms with Crippen molar-refractivity contribution in [3.8, 4) is 0 Å². The van der Waals surface area contributed by atoms with Gasteiger partial charge in [0.25, 0.3) is 0 Å². The summed E-state index contributed by atoms with van der Waals surface area (Å²) in [6.45, 7) is 5.45. The van der Waals surface area contributed by atoms with Gasteiger partial charge in [0.1, 0.15) is 0 Å². The molecule has 0 atom stereocenters. The Hall–Kier alpha value is -1.13. The quantitative estimate of drug-likeness (QED) is 0.757. The second-order valence-corrected chi connectivity index (χ2v) is 4.58. The van der Waals surface area contributed by atoms with Crippen LogP contribution in [0.5, 0.6) is 0 Å². The van der Waals surface area contributed by atoms with Gasteiger partial charge in [-0.05, 0) is 6.07 Å². The van der Waals surface area contributed by atoms with Gasteiger partial charge >= 0.3 is 0 Å². The van der Waals surface area contributed by atoms with E-state index in [1.54, 1.807) is 6.20 Å². The van der Waals surface area contributed by atoms with Crippen molar-refractivity contribution in [1.29, 1.82) is 0 Å². The first-order valence-corrected chi connectivity index (χ1v) is 4.98. The van der Waals surface area contributed by atoms with E-state index in [-0.39, 0.29) is 5.41 Å². The van der Waals surface area contributed by atoms with E-state index >= 15 is 0 Å². The first-order valence-electron chi connectivity index (χ1n) is 4.98. The van der Waals surface area contributed by atoms with Gasteiger partial charge in [0, 0.05) is 17.2 Å². The second-order valence-electron chi connectivity index (χ2n) is 4.58. The number of ether oxygens (including phenoxy) is 2. The molecule has 1 N–H and O–H groups in total. The Balaban J connectivity index is 2.10. The molecule has 0 radical (unpaired) electrons. The summed E-state index contributed by atoms with van der Waals surface area (Å²) in [5.74, 6) is 0. The van der Waals surface area contributed by atoms with Gasteiger partial charge in [-0.25, -0.2) is 0 Å². The monoisotopic (exact) mass is 209 g/mol. The zero-order valence-corrected chi connectivity index (χ0v) is 8.95. The lowest BCUT2D eigenvalue weighted by Gasteiger charge is -2.34. The average Bonchev–Trinajstić information content (AvgIpc) is 2.65. The molecule has 4 nitrogen and oxygen atoms in total. The zero-order chi connectivity index (χ0) is 10.9. The van der Waals surface area contributed by atoms with E-state index in [1.807, 2.05) is 6.07 Å². The number of aromatic amines is 1. The minimum Gasteiger partial charge on any atom is -0.359 e. The summed E-state index contributed by atoms with van der Waals surface area (Å²) in [5, 5.41) is 0. The van der Waals surface area contributed by atoms with Gasteiger partial charge in [-0.1, -0.05) is 13.8 Å². The molecule has 0 bridgehead atoms. The van der Waals surface area contributed by atoms with Gasteiger partial charge in [-0.3, -0.25) is 4.79 Å². The largest absolute Gasteiger partial charge is 0.359 e. The number of rotatable bonds is 2. The van der Waals surface area contributed by atoms with Crippen LogP contribution in [0.2, 0.25) is 0 Å². The number of carbonyl (C=O) groups excluding carboxylic acids is 1. The van der Waals surface area contributed by atoms with E-state index in [1.165, 1.54) is 0 Å². The Bertz CT molecular complexity index is 346. The van der Waals surface area contributed by atoms with E-state index in [2.05, 4.69) is 18.8 Å². The molecule has 1 saturated heterocycles. The van der Waals surface area contributed by atoms with Crippen LogP contribution in [0.15, 0.2) is 12.3 Å². The number of carbonyl (C=O) groups is 1. The van der Waals surface area contributed by atoms with Crippen LogP contribution in [0.4, 0.5) is 0 Å². The SMILES string of the molecule is CC1(C)COC(c2cc[nH]c2C=O)OC1. The fourth-order valence-corrected chi connectivity index (χ4v) is 1.57. The summed E-state index contributed by atoms with van der Waals surface area (Å²) in [6.07, 6.45) is 2.08.